The second-order valence-corrected chi connectivity index (χ2v) is 6.02. The molecule has 1 aliphatic heterocycles. The van der Waals surface area contributed by atoms with Crippen molar-refractivity contribution >= 4 is 0 Å². The third-order valence-corrected chi connectivity index (χ3v) is 3.17. The highest BCUT2D eigenvalue weighted by Crippen LogP contribution is 2.16. The van der Waals surface area contributed by atoms with Gasteiger partial charge < -0.3 is 10.2 Å². The van der Waals surface area contributed by atoms with Crippen LogP contribution in [0.2, 0.25) is 0 Å². The Labute approximate surface area is 101 Å². The van der Waals surface area contributed by atoms with Gasteiger partial charge in [0.05, 0.1) is 0 Å². The number of rotatable bonds is 5. The Hall–Kier alpha value is -0.340. The highest BCUT2D eigenvalue weighted by molar-refractivity contribution is 4.80. The Morgan fingerprint density at radius 3 is 2.81 bits per heavy atom. The van der Waals surface area contributed by atoms with Crippen molar-refractivity contribution in [3.8, 4) is 0 Å². The van der Waals surface area contributed by atoms with Crippen LogP contribution in [-0.4, -0.2) is 36.6 Å². The average Bonchev–Trinajstić information content (AvgIpc) is 2.23. The molecule has 16 heavy (non-hydrogen) atoms. The topological polar surface area (TPSA) is 15.3 Å². The van der Waals surface area contributed by atoms with E-state index in [4.69, 9.17) is 0 Å². The summed E-state index contributed by atoms with van der Waals surface area (Å²) in [5, 5.41) is 3.62. The molecule has 2 nitrogen and oxygen atoms in total. The van der Waals surface area contributed by atoms with E-state index in [-0.39, 0.29) is 5.54 Å². The Bertz CT molecular complexity index is 205. The van der Waals surface area contributed by atoms with Crippen molar-refractivity contribution < 1.29 is 0 Å². The molecule has 0 radical (unpaired) electrons. The molecule has 0 aromatic carbocycles. The van der Waals surface area contributed by atoms with Gasteiger partial charge in [-0.05, 0) is 59.0 Å². The predicted molar refractivity (Wildman–Crippen MR) is 71.7 cm³/mol. The van der Waals surface area contributed by atoms with Gasteiger partial charge in [0.25, 0.3) is 0 Å². The second kappa shape index (κ2) is 6.41. The molecule has 0 aliphatic carbocycles. The molecule has 0 aromatic rings. The lowest BCUT2D eigenvalue weighted by Crippen LogP contribution is -2.44. The first-order valence-corrected chi connectivity index (χ1v) is 6.59. The van der Waals surface area contributed by atoms with E-state index in [0.29, 0.717) is 0 Å². The first kappa shape index (κ1) is 13.7. The maximum atomic E-state index is 3.79. The van der Waals surface area contributed by atoms with E-state index < -0.39 is 0 Å². The molecule has 0 bridgehead atoms. The summed E-state index contributed by atoms with van der Waals surface area (Å²) < 4.78 is 0. The Kier molecular flexibility index (Phi) is 5.50. The van der Waals surface area contributed by atoms with Gasteiger partial charge in [-0.15, -0.1) is 6.58 Å². The third-order valence-electron chi connectivity index (χ3n) is 3.17. The molecule has 94 valence electrons. The van der Waals surface area contributed by atoms with E-state index >= 15 is 0 Å². The number of likely N-dealkylation sites (tertiary alicyclic amines) is 1. The van der Waals surface area contributed by atoms with E-state index in [0.717, 1.165) is 18.9 Å². The summed E-state index contributed by atoms with van der Waals surface area (Å²) in [6.45, 7) is 15.4. The van der Waals surface area contributed by atoms with E-state index in [9.17, 15) is 0 Å². The summed E-state index contributed by atoms with van der Waals surface area (Å²) in [5.74, 6) is 0.831. The summed E-state index contributed by atoms with van der Waals surface area (Å²) in [4.78, 5) is 2.58. The molecule has 1 atom stereocenters. The van der Waals surface area contributed by atoms with Crippen molar-refractivity contribution in [2.24, 2.45) is 5.92 Å². The quantitative estimate of drug-likeness (QED) is 0.722. The van der Waals surface area contributed by atoms with Crippen LogP contribution in [0.1, 0.15) is 40.0 Å². The minimum absolute atomic E-state index is 0.253. The van der Waals surface area contributed by atoms with Gasteiger partial charge in [0.15, 0.2) is 0 Å². The number of piperidine rings is 1. The van der Waals surface area contributed by atoms with E-state index in [2.05, 4.69) is 37.6 Å². The van der Waals surface area contributed by atoms with Gasteiger partial charge in [-0.1, -0.05) is 6.08 Å². The van der Waals surface area contributed by atoms with Crippen molar-refractivity contribution in [3.63, 3.8) is 0 Å². The SMILES string of the molecule is C=CCCN1CCCC(CNC(C)(C)C)C1. The zero-order chi connectivity index (χ0) is 12.0. The highest BCUT2D eigenvalue weighted by Gasteiger charge is 2.20. The summed E-state index contributed by atoms with van der Waals surface area (Å²) in [7, 11) is 0. The van der Waals surface area contributed by atoms with Crippen LogP contribution < -0.4 is 5.32 Å². The van der Waals surface area contributed by atoms with Gasteiger partial charge in [-0.3, -0.25) is 0 Å². The smallest absolute Gasteiger partial charge is 0.00966 e. The standard InChI is InChI=1S/C14H28N2/c1-5-6-9-16-10-7-8-13(12-16)11-15-14(2,3)4/h5,13,15H,1,6-12H2,2-4H3. The lowest BCUT2D eigenvalue weighted by atomic mass is 9.96. The summed E-state index contributed by atoms with van der Waals surface area (Å²) in [5.41, 5.74) is 0.253. The molecule has 1 N–H and O–H groups in total. The molecule has 0 saturated carbocycles. The minimum Gasteiger partial charge on any atom is -0.312 e. The maximum Gasteiger partial charge on any atom is 0.00966 e. The molecule has 0 aromatic heterocycles. The van der Waals surface area contributed by atoms with Crippen LogP contribution in [-0.2, 0) is 0 Å². The molecular formula is C14H28N2. The number of nitrogens with zero attached hydrogens (tertiary/aromatic N) is 1. The largest absolute Gasteiger partial charge is 0.312 e. The van der Waals surface area contributed by atoms with Crippen molar-refractivity contribution in [1.82, 2.24) is 10.2 Å². The predicted octanol–water partition coefficient (Wildman–Crippen LogP) is 2.66. The van der Waals surface area contributed by atoms with Crippen LogP contribution >= 0.6 is 0 Å². The third kappa shape index (κ3) is 5.66. The number of hydrogen-bond acceptors (Lipinski definition) is 2. The average molecular weight is 224 g/mol. The maximum absolute atomic E-state index is 3.79. The van der Waals surface area contributed by atoms with Crippen molar-refractivity contribution in [1.29, 1.82) is 0 Å². The van der Waals surface area contributed by atoms with Crippen LogP contribution in [0.25, 0.3) is 0 Å². The molecule has 0 amide bonds. The summed E-state index contributed by atoms with van der Waals surface area (Å²) >= 11 is 0. The van der Waals surface area contributed by atoms with Crippen LogP contribution in [0.3, 0.4) is 0 Å². The van der Waals surface area contributed by atoms with Crippen LogP contribution in [0, 0.1) is 5.92 Å². The zero-order valence-corrected chi connectivity index (χ0v) is 11.3. The Balaban J connectivity index is 2.24. The van der Waals surface area contributed by atoms with Crippen LogP contribution in [0.4, 0.5) is 0 Å². The second-order valence-electron chi connectivity index (χ2n) is 6.02. The van der Waals surface area contributed by atoms with E-state index in [1.54, 1.807) is 0 Å². The minimum atomic E-state index is 0.253. The van der Waals surface area contributed by atoms with Gasteiger partial charge in [-0.2, -0.15) is 0 Å². The normalized spacial score (nSPS) is 23.3. The fraction of sp³-hybridized carbons (Fsp3) is 0.857. The molecule has 0 spiro atoms. The lowest BCUT2D eigenvalue weighted by molar-refractivity contribution is 0.169. The van der Waals surface area contributed by atoms with Gasteiger partial charge in [-0.25, -0.2) is 0 Å². The van der Waals surface area contributed by atoms with Gasteiger partial charge in [0.2, 0.25) is 0 Å². The molecule has 1 saturated heterocycles. The van der Waals surface area contributed by atoms with Crippen molar-refractivity contribution in [2.75, 3.05) is 26.2 Å². The van der Waals surface area contributed by atoms with Crippen LogP contribution in [0.15, 0.2) is 12.7 Å². The summed E-state index contributed by atoms with van der Waals surface area (Å²) in [6.07, 6.45) is 5.89. The Morgan fingerprint density at radius 2 is 2.19 bits per heavy atom. The molecule has 1 heterocycles. The van der Waals surface area contributed by atoms with Crippen molar-refractivity contribution in [3.05, 3.63) is 12.7 Å². The van der Waals surface area contributed by atoms with Gasteiger partial charge in [0, 0.05) is 18.6 Å². The van der Waals surface area contributed by atoms with E-state index in [1.165, 1.54) is 32.5 Å². The van der Waals surface area contributed by atoms with Crippen LogP contribution in [0.5, 0.6) is 0 Å². The van der Waals surface area contributed by atoms with Gasteiger partial charge >= 0.3 is 0 Å². The first-order valence-electron chi connectivity index (χ1n) is 6.59. The van der Waals surface area contributed by atoms with E-state index in [1.807, 2.05) is 6.08 Å². The molecule has 1 rings (SSSR count). The molecule has 1 fully saturated rings. The van der Waals surface area contributed by atoms with Crippen molar-refractivity contribution in [2.45, 2.75) is 45.6 Å². The highest BCUT2D eigenvalue weighted by atomic mass is 15.1. The molecule has 1 aliphatic rings. The number of nitrogens with one attached hydrogen (secondary N) is 1. The molecular weight excluding hydrogens is 196 g/mol. The number of hydrogen-bond donors (Lipinski definition) is 1. The monoisotopic (exact) mass is 224 g/mol. The summed E-state index contributed by atoms with van der Waals surface area (Å²) in [6, 6.07) is 0. The fourth-order valence-electron chi connectivity index (χ4n) is 2.25. The lowest BCUT2D eigenvalue weighted by Gasteiger charge is -2.34. The molecule has 2 heteroatoms. The van der Waals surface area contributed by atoms with Gasteiger partial charge in [0.1, 0.15) is 0 Å². The Morgan fingerprint density at radius 1 is 1.44 bits per heavy atom. The fourth-order valence-corrected chi connectivity index (χ4v) is 2.25. The first-order chi connectivity index (χ1) is 7.51. The molecule has 1 unspecified atom stereocenters. The zero-order valence-electron chi connectivity index (χ0n) is 11.3.